The van der Waals surface area contributed by atoms with E-state index in [-0.39, 0.29) is 5.82 Å². The van der Waals surface area contributed by atoms with Gasteiger partial charge in [0, 0.05) is 16.6 Å². The van der Waals surface area contributed by atoms with Crippen molar-refractivity contribution in [3.05, 3.63) is 52.6 Å². The average molecular weight is 270 g/mol. The second-order valence-corrected chi connectivity index (χ2v) is 4.02. The highest BCUT2D eigenvalue weighted by atomic mass is 79.9. The minimum Gasteiger partial charge on any atom is -0.472 e. The van der Waals surface area contributed by atoms with Crippen LogP contribution in [0.25, 0.3) is 0 Å². The summed E-state index contributed by atoms with van der Waals surface area (Å²) >= 11 is 3.20. The molecule has 1 aromatic carbocycles. The summed E-state index contributed by atoms with van der Waals surface area (Å²) in [5.74, 6) is -0.270. The molecule has 0 unspecified atom stereocenters. The molecule has 0 bridgehead atoms. The van der Waals surface area contributed by atoms with Crippen molar-refractivity contribution in [2.45, 2.75) is 6.54 Å². The Bertz CT molecular complexity index is 442. The quantitative estimate of drug-likeness (QED) is 0.917. The summed E-state index contributed by atoms with van der Waals surface area (Å²) in [7, 11) is 0. The predicted octanol–water partition coefficient (Wildman–Crippen LogP) is 3.79. The van der Waals surface area contributed by atoms with Gasteiger partial charge in [0.1, 0.15) is 5.82 Å². The zero-order valence-electron chi connectivity index (χ0n) is 7.84. The van der Waals surface area contributed by atoms with Crippen LogP contribution < -0.4 is 5.32 Å². The van der Waals surface area contributed by atoms with Crippen LogP contribution in [0.5, 0.6) is 0 Å². The molecule has 1 heterocycles. The number of benzene rings is 1. The van der Waals surface area contributed by atoms with Gasteiger partial charge in [-0.3, -0.25) is 0 Å². The number of nitrogens with one attached hydrogen (secondary N) is 1. The molecule has 2 rings (SSSR count). The van der Waals surface area contributed by atoms with Crippen molar-refractivity contribution in [3.8, 4) is 0 Å². The van der Waals surface area contributed by atoms with Crippen LogP contribution in [0.15, 0.2) is 45.7 Å². The highest BCUT2D eigenvalue weighted by Crippen LogP contribution is 2.19. The van der Waals surface area contributed by atoms with Crippen LogP contribution in [0.3, 0.4) is 0 Å². The van der Waals surface area contributed by atoms with Crippen molar-refractivity contribution < 1.29 is 8.81 Å². The molecule has 0 saturated carbocycles. The zero-order chi connectivity index (χ0) is 10.7. The van der Waals surface area contributed by atoms with Crippen molar-refractivity contribution in [2.75, 3.05) is 5.32 Å². The van der Waals surface area contributed by atoms with E-state index in [0.29, 0.717) is 12.2 Å². The average Bonchev–Trinajstić information content (AvgIpc) is 2.69. The normalized spacial score (nSPS) is 10.3. The van der Waals surface area contributed by atoms with E-state index in [0.717, 1.165) is 10.0 Å². The highest BCUT2D eigenvalue weighted by Gasteiger charge is 2.02. The molecule has 0 amide bonds. The van der Waals surface area contributed by atoms with Gasteiger partial charge in [-0.15, -0.1) is 0 Å². The Kier molecular flexibility index (Phi) is 3.06. The summed E-state index contributed by atoms with van der Waals surface area (Å²) in [6.45, 7) is 0.551. The molecule has 4 heteroatoms. The minimum absolute atomic E-state index is 0.270. The number of furan rings is 1. The molecule has 2 aromatic rings. The van der Waals surface area contributed by atoms with E-state index in [1.807, 2.05) is 6.07 Å². The number of hydrogen-bond acceptors (Lipinski definition) is 2. The van der Waals surface area contributed by atoms with E-state index < -0.39 is 0 Å². The fourth-order valence-corrected chi connectivity index (χ4v) is 1.56. The fourth-order valence-electron chi connectivity index (χ4n) is 1.22. The third kappa shape index (κ3) is 2.59. The molecule has 15 heavy (non-hydrogen) atoms. The summed E-state index contributed by atoms with van der Waals surface area (Å²) in [6.07, 6.45) is 3.22. The molecule has 78 valence electrons. The fraction of sp³-hybridized carbons (Fsp3) is 0.0909. The van der Waals surface area contributed by atoms with Crippen molar-refractivity contribution >= 4 is 21.6 Å². The van der Waals surface area contributed by atoms with E-state index in [1.165, 1.54) is 6.07 Å². The summed E-state index contributed by atoms with van der Waals surface area (Å²) in [4.78, 5) is 0. The first-order valence-electron chi connectivity index (χ1n) is 4.46. The Morgan fingerprint density at radius 3 is 2.87 bits per heavy atom. The van der Waals surface area contributed by atoms with Crippen molar-refractivity contribution in [3.63, 3.8) is 0 Å². The van der Waals surface area contributed by atoms with Gasteiger partial charge >= 0.3 is 0 Å². The van der Waals surface area contributed by atoms with Crippen LogP contribution >= 0.6 is 15.9 Å². The zero-order valence-corrected chi connectivity index (χ0v) is 9.42. The Balaban J connectivity index is 2.05. The van der Waals surface area contributed by atoms with E-state index in [1.54, 1.807) is 24.7 Å². The Morgan fingerprint density at radius 1 is 1.33 bits per heavy atom. The second kappa shape index (κ2) is 4.49. The topological polar surface area (TPSA) is 25.2 Å². The molecular formula is C11H9BrFNO. The van der Waals surface area contributed by atoms with Gasteiger partial charge in [0.25, 0.3) is 0 Å². The smallest absolute Gasteiger partial charge is 0.147 e. The molecule has 2 nitrogen and oxygen atoms in total. The molecule has 0 radical (unpaired) electrons. The van der Waals surface area contributed by atoms with Gasteiger partial charge in [-0.25, -0.2) is 4.39 Å². The number of rotatable bonds is 3. The third-order valence-corrected chi connectivity index (χ3v) is 2.49. The van der Waals surface area contributed by atoms with E-state index in [4.69, 9.17) is 4.42 Å². The summed E-state index contributed by atoms with van der Waals surface area (Å²) < 4.78 is 19.0. The van der Waals surface area contributed by atoms with Crippen LogP contribution in [0, 0.1) is 5.82 Å². The van der Waals surface area contributed by atoms with Crippen LogP contribution in [-0.4, -0.2) is 0 Å². The SMILES string of the molecule is Fc1cc(Br)ccc1NCc1ccoc1. The number of hydrogen-bond donors (Lipinski definition) is 1. The maximum absolute atomic E-state index is 13.4. The van der Waals surface area contributed by atoms with Gasteiger partial charge in [0.2, 0.25) is 0 Å². The van der Waals surface area contributed by atoms with Crippen molar-refractivity contribution in [1.29, 1.82) is 0 Å². The summed E-state index contributed by atoms with van der Waals surface area (Å²) in [5, 5.41) is 2.99. The van der Waals surface area contributed by atoms with Crippen LogP contribution in [-0.2, 0) is 6.54 Å². The summed E-state index contributed by atoms with van der Waals surface area (Å²) in [6, 6.07) is 6.75. The predicted molar refractivity (Wildman–Crippen MR) is 60.1 cm³/mol. The van der Waals surface area contributed by atoms with Crippen molar-refractivity contribution in [2.24, 2.45) is 0 Å². The first kappa shape index (κ1) is 10.2. The molecular weight excluding hydrogens is 261 g/mol. The third-order valence-electron chi connectivity index (χ3n) is 1.99. The highest BCUT2D eigenvalue weighted by molar-refractivity contribution is 9.10. The van der Waals surface area contributed by atoms with Gasteiger partial charge in [-0.1, -0.05) is 15.9 Å². The van der Waals surface area contributed by atoms with Gasteiger partial charge in [0.15, 0.2) is 0 Å². The maximum atomic E-state index is 13.4. The lowest BCUT2D eigenvalue weighted by Crippen LogP contribution is -2.00. The van der Waals surface area contributed by atoms with Gasteiger partial charge < -0.3 is 9.73 Å². The lowest BCUT2D eigenvalue weighted by atomic mass is 10.3. The molecule has 1 aromatic heterocycles. The van der Waals surface area contributed by atoms with Crippen molar-refractivity contribution in [1.82, 2.24) is 0 Å². The molecule has 0 atom stereocenters. The molecule has 0 aliphatic rings. The van der Waals surface area contributed by atoms with Gasteiger partial charge in [-0.05, 0) is 24.3 Å². The molecule has 0 fully saturated rings. The second-order valence-electron chi connectivity index (χ2n) is 3.11. The lowest BCUT2D eigenvalue weighted by Gasteiger charge is -2.05. The molecule has 0 aliphatic carbocycles. The van der Waals surface area contributed by atoms with E-state index >= 15 is 0 Å². The van der Waals surface area contributed by atoms with Gasteiger partial charge in [0.05, 0.1) is 18.2 Å². The molecule has 0 saturated heterocycles. The maximum Gasteiger partial charge on any atom is 0.147 e. The first-order valence-corrected chi connectivity index (χ1v) is 5.25. The Hall–Kier alpha value is -1.29. The van der Waals surface area contributed by atoms with E-state index in [2.05, 4.69) is 21.2 Å². The molecule has 1 N–H and O–H groups in total. The first-order chi connectivity index (χ1) is 7.25. The van der Waals surface area contributed by atoms with E-state index in [9.17, 15) is 4.39 Å². The lowest BCUT2D eigenvalue weighted by molar-refractivity contribution is 0.564. The number of halogens is 2. The van der Waals surface area contributed by atoms with Gasteiger partial charge in [-0.2, -0.15) is 0 Å². The Morgan fingerprint density at radius 2 is 2.20 bits per heavy atom. The summed E-state index contributed by atoms with van der Waals surface area (Å²) in [5.41, 5.74) is 1.47. The van der Waals surface area contributed by atoms with Crippen LogP contribution in [0.4, 0.5) is 10.1 Å². The minimum atomic E-state index is -0.270. The molecule has 0 spiro atoms. The van der Waals surface area contributed by atoms with Crippen LogP contribution in [0.2, 0.25) is 0 Å². The Labute approximate surface area is 95.2 Å². The molecule has 0 aliphatic heterocycles. The van der Waals surface area contributed by atoms with Crippen LogP contribution in [0.1, 0.15) is 5.56 Å². The largest absolute Gasteiger partial charge is 0.472 e. The standard InChI is InChI=1S/C11H9BrFNO/c12-9-1-2-11(10(13)5-9)14-6-8-3-4-15-7-8/h1-5,7,14H,6H2. The number of anilines is 1. The monoisotopic (exact) mass is 269 g/mol.